The summed E-state index contributed by atoms with van der Waals surface area (Å²) in [6, 6.07) is 0.124. The third-order valence-corrected chi connectivity index (χ3v) is 3.87. The molecule has 14 heavy (non-hydrogen) atoms. The number of hydrogen-bond donors (Lipinski definition) is 1. The lowest BCUT2D eigenvalue weighted by atomic mass is 9.81. The van der Waals surface area contributed by atoms with Gasteiger partial charge in [-0.25, -0.2) is 0 Å². The number of Topliss-reactive ketones (excluding diaryl/α,β-unsaturated/α-hetero) is 1. The summed E-state index contributed by atoms with van der Waals surface area (Å²) in [4.78, 5) is 11.8. The van der Waals surface area contributed by atoms with Crippen molar-refractivity contribution in [2.45, 2.75) is 38.1 Å². The minimum atomic E-state index is 0.124. The van der Waals surface area contributed by atoms with E-state index in [4.69, 9.17) is 12.2 Å². The first-order chi connectivity index (χ1) is 6.74. The number of rotatable bonds is 3. The standard InChI is InChI=1S/C12H17NO/c1-2-3-4-10(14)11-8-5-6-9(7-8)12(11)13/h1,8-9,11-12H,3-7,13H2. The number of ketones is 1. The van der Waals surface area contributed by atoms with Crippen LogP contribution in [0.4, 0.5) is 0 Å². The van der Waals surface area contributed by atoms with Gasteiger partial charge >= 0.3 is 0 Å². The minimum Gasteiger partial charge on any atom is -0.327 e. The molecule has 0 aromatic carbocycles. The molecule has 2 aliphatic rings. The second-order valence-corrected chi connectivity index (χ2v) is 4.61. The molecule has 0 aliphatic heterocycles. The van der Waals surface area contributed by atoms with Crippen molar-refractivity contribution in [3.63, 3.8) is 0 Å². The van der Waals surface area contributed by atoms with Crippen molar-refractivity contribution >= 4 is 5.78 Å². The summed E-state index contributed by atoms with van der Waals surface area (Å²) in [7, 11) is 0. The molecular weight excluding hydrogens is 174 g/mol. The van der Waals surface area contributed by atoms with Gasteiger partial charge in [0, 0.05) is 24.8 Å². The Hall–Kier alpha value is -0.810. The van der Waals surface area contributed by atoms with E-state index in [1.165, 1.54) is 19.3 Å². The number of hydrogen-bond acceptors (Lipinski definition) is 2. The van der Waals surface area contributed by atoms with Crippen LogP contribution in [0.5, 0.6) is 0 Å². The van der Waals surface area contributed by atoms with Crippen LogP contribution >= 0.6 is 0 Å². The van der Waals surface area contributed by atoms with Crippen LogP contribution in [0, 0.1) is 30.1 Å². The highest BCUT2D eigenvalue weighted by Gasteiger charge is 2.48. The molecule has 2 heteroatoms. The van der Waals surface area contributed by atoms with E-state index in [1.807, 2.05) is 0 Å². The molecule has 0 amide bonds. The SMILES string of the molecule is C#CCCC(=O)C1C2CCC(C2)C1N. The Morgan fingerprint density at radius 2 is 2.14 bits per heavy atom. The van der Waals surface area contributed by atoms with Gasteiger partial charge in [0.1, 0.15) is 5.78 Å². The Kier molecular flexibility index (Phi) is 2.60. The monoisotopic (exact) mass is 191 g/mol. The van der Waals surface area contributed by atoms with Crippen LogP contribution < -0.4 is 5.73 Å². The second kappa shape index (κ2) is 3.74. The zero-order valence-electron chi connectivity index (χ0n) is 8.41. The lowest BCUT2D eigenvalue weighted by Crippen LogP contribution is -2.40. The molecule has 2 fully saturated rings. The Balaban J connectivity index is 1.98. The van der Waals surface area contributed by atoms with Gasteiger partial charge in [0.05, 0.1) is 0 Å². The van der Waals surface area contributed by atoms with E-state index in [0.717, 1.165) is 0 Å². The van der Waals surface area contributed by atoms with Crippen molar-refractivity contribution in [3.05, 3.63) is 0 Å². The summed E-state index contributed by atoms with van der Waals surface area (Å²) in [6.07, 6.45) is 9.85. The van der Waals surface area contributed by atoms with Crippen LogP contribution in [-0.2, 0) is 4.79 Å². The van der Waals surface area contributed by atoms with E-state index in [0.29, 0.717) is 30.5 Å². The molecule has 0 heterocycles. The lowest BCUT2D eigenvalue weighted by Gasteiger charge is -2.26. The molecule has 2 bridgehead atoms. The first-order valence-electron chi connectivity index (χ1n) is 5.45. The highest BCUT2D eigenvalue weighted by atomic mass is 16.1. The van der Waals surface area contributed by atoms with Gasteiger partial charge in [0.15, 0.2) is 0 Å². The zero-order chi connectivity index (χ0) is 10.1. The van der Waals surface area contributed by atoms with Crippen LogP contribution in [0.3, 0.4) is 0 Å². The van der Waals surface area contributed by atoms with Gasteiger partial charge in [-0.1, -0.05) is 0 Å². The highest BCUT2D eigenvalue weighted by molar-refractivity contribution is 5.82. The highest BCUT2D eigenvalue weighted by Crippen LogP contribution is 2.48. The molecule has 2 N–H and O–H groups in total. The predicted octanol–water partition coefficient (Wildman–Crippen LogP) is 1.34. The number of nitrogens with two attached hydrogens (primary N) is 1. The van der Waals surface area contributed by atoms with Crippen LogP contribution in [0.25, 0.3) is 0 Å². The van der Waals surface area contributed by atoms with E-state index in [9.17, 15) is 4.79 Å². The molecule has 2 aliphatic carbocycles. The Bertz CT molecular complexity index is 277. The number of fused-ring (bicyclic) bond motifs is 2. The Morgan fingerprint density at radius 3 is 2.71 bits per heavy atom. The van der Waals surface area contributed by atoms with Gasteiger partial charge in [0.2, 0.25) is 0 Å². The van der Waals surface area contributed by atoms with Crippen LogP contribution in [-0.4, -0.2) is 11.8 Å². The number of carbonyl (C=O) groups is 1. The molecule has 0 saturated heterocycles. The maximum Gasteiger partial charge on any atom is 0.138 e. The van der Waals surface area contributed by atoms with Crippen LogP contribution in [0.15, 0.2) is 0 Å². The van der Waals surface area contributed by atoms with Crippen molar-refractivity contribution < 1.29 is 4.79 Å². The second-order valence-electron chi connectivity index (χ2n) is 4.61. The van der Waals surface area contributed by atoms with Crippen molar-refractivity contribution in [2.75, 3.05) is 0 Å². The van der Waals surface area contributed by atoms with E-state index in [1.54, 1.807) is 0 Å². The number of terminal acetylenes is 1. The van der Waals surface area contributed by atoms with Gasteiger partial charge in [-0.15, -0.1) is 12.3 Å². The summed E-state index contributed by atoms with van der Waals surface area (Å²) in [5, 5.41) is 0. The van der Waals surface area contributed by atoms with Crippen molar-refractivity contribution in [1.82, 2.24) is 0 Å². The summed E-state index contributed by atoms with van der Waals surface area (Å²) < 4.78 is 0. The summed E-state index contributed by atoms with van der Waals surface area (Å²) in [5.74, 6) is 4.13. The van der Waals surface area contributed by atoms with E-state index in [-0.39, 0.29) is 12.0 Å². The lowest BCUT2D eigenvalue weighted by molar-refractivity contribution is -0.124. The van der Waals surface area contributed by atoms with Gasteiger partial charge in [-0.3, -0.25) is 4.79 Å². The fourth-order valence-electron chi connectivity index (χ4n) is 3.18. The molecule has 2 rings (SSSR count). The fraction of sp³-hybridized carbons (Fsp3) is 0.750. The molecule has 76 valence electrons. The predicted molar refractivity (Wildman–Crippen MR) is 55.4 cm³/mol. The first-order valence-corrected chi connectivity index (χ1v) is 5.45. The van der Waals surface area contributed by atoms with Gasteiger partial charge in [0.25, 0.3) is 0 Å². The van der Waals surface area contributed by atoms with Gasteiger partial charge in [-0.05, 0) is 31.1 Å². The Morgan fingerprint density at radius 1 is 1.43 bits per heavy atom. The average molecular weight is 191 g/mol. The quantitative estimate of drug-likeness (QED) is 0.684. The molecule has 2 nitrogen and oxygen atoms in total. The third kappa shape index (κ3) is 1.46. The average Bonchev–Trinajstić information content (AvgIpc) is 2.74. The van der Waals surface area contributed by atoms with Gasteiger partial charge < -0.3 is 5.73 Å². The largest absolute Gasteiger partial charge is 0.327 e. The van der Waals surface area contributed by atoms with E-state index in [2.05, 4.69) is 5.92 Å². The summed E-state index contributed by atoms with van der Waals surface area (Å²) in [6.45, 7) is 0. The molecule has 4 atom stereocenters. The molecule has 2 saturated carbocycles. The van der Waals surface area contributed by atoms with Crippen molar-refractivity contribution in [3.8, 4) is 12.3 Å². The summed E-state index contributed by atoms with van der Waals surface area (Å²) in [5.41, 5.74) is 6.06. The maximum absolute atomic E-state index is 11.8. The normalized spacial score (nSPS) is 39.7. The molecule has 0 radical (unpaired) electrons. The molecule has 0 aromatic heterocycles. The molecule has 0 spiro atoms. The molecule has 4 unspecified atom stereocenters. The summed E-state index contributed by atoms with van der Waals surface area (Å²) >= 11 is 0. The van der Waals surface area contributed by atoms with Gasteiger partial charge in [-0.2, -0.15) is 0 Å². The maximum atomic E-state index is 11.8. The first kappa shape index (κ1) is 9.73. The topological polar surface area (TPSA) is 43.1 Å². The number of carbonyl (C=O) groups excluding carboxylic acids is 1. The third-order valence-electron chi connectivity index (χ3n) is 3.87. The van der Waals surface area contributed by atoms with E-state index >= 15 is 0 Å². The smallest absolute Gasteiger partial charge is 0.138 e. The van der Waals surface area contributed by atoms with E-state index < -0.39 is 0 Å². The minimum absolute atomic E-state index is 0.124. The van der Waals surface area contributed by atoms with Crippen LogP contribution in [0.2, 0.25) is 0 Å². The van der Waals surface area contributed by atoms with Crippen LogP contribution in [0.1, 0.15) is 32.1 Å². The molecule has 0 aromatic rings. The molecular formula is C12H17NO. The van der Waals surface area contributed by atoms with Crippen molar-refractivity contribution in [1.29, 1.82) is 0 Å². The van der Waals surface area contributed by atoms with Crippen molar-refractivity contribution in [2.24, 2.45) is 23.5 Å². The fourth-order valence-corrected chi connectivity index (χ4v) is 3.18. The Labute approximate surface area is 85.2 Å². The zero-order valence-corrected chi connectivity index (χ0v) is 8.41.